The van der Waals surface area contributed by atoms with Crippen molar-refractivity contribution in [3.63, 3.8) is 0 Å². The quantitative estimate of drug-likeness (QED) is 0.685. The summed E-state index contributed by atoms with van der Waals surface area (Å²) in [7, 11) is 0. The van der Waals surface area contributed by atoms with Crippen LogP contribution in [0.2, 0.25) is 0 Å². The van der Waals surface area contributed by atoms with Gasteiger partial charge in [0.25, 0.3) is 0 Å². The second-order valence-electron chi connectivity index (χ2n) is 4.02. The van der Waals surface area contributed by atoms with Crippen molar-refractivity contribution >= 4 is 22.9 Å². The fraction of sp³-hybridized carbons (Fsp3) is 0.231. The fourth-order valence-corrected chi connectivity index (χ4v) is 2.24. The first-order valence-corrected chi connectivity index (χ1v) is 7.27. The van der Waals surface area contributed by atoms with Crippen molar-refractivity contribution in [2.24, 2.45) is 0 Å². The predicted octanol–water partition coefficient (Wildman–Crippen LogP) is 2.49. The Hall–Kier alpha value is -1.95. The van der Waals surface area contributed by atoms with Crippen molar-refractivity contribution in [3.05, 3.63) is 36.0 Å². The lowest BCUT2D eigenvalue weighted by Crippen LogP contribution is -1.99. The van der Waals surface area contributed by atoms with E-state index in [1.807, 2.05) is 36.6 Å². The highest BCUT2D eigenvalue weighted by atomic mass is 32.2. The van der Waals surface area contributed by atoms with Crippen LogP contribution in [0.3, 0.4) is 0 Å². The molecule has 0 aliphatic heterocycles. The van der Waals surface area contributed by atoms with Crippen LogP contribution >= 0.6 is 11.8 Å². The Labute approximate surface area is 115 Å². The van der Waals surface area contributed by atoms with Gasteiger partial charge >= 0.3 is 0 Å². The zero-order chi connectivity index (χ0) is 13.2. The highest BCUT2D eigenvalue weighted by Crippen LogP contribution is 2.20. The van der Waals surface area contributed by atoms with Crippen LogP contribution in [0.1, 0.15) is 12.6 Å². The van der Waals surface area contributed by atoms with Gasteiger partial charge in [-0.2, -0.15) is 5.10 Å². The molecule has 0 atom stereocenters. The normalized spacial score (nSPS) is 11.1. The van der Waals surface area contributed by atoms with Crippen molar-refractivity contribution in [2.45, 2.75) is 18.5 Å². The number of aromatic nitrogens is 5. The second-order valence-corrected chi connectivity index (χ2v) is 4.79. The van der Waals surface area contributed by atoms with Crippen molar-refractivity contribution in [2.75, 3.05) is 6.26 Å². The lowest BCUT2D eigenvalue weighted by molar-refractivity contribution is 0.827. The molecule has 0 spiro atoms. The average Bonchev–Trinajstić information content (AvgIpc) is 2.86. The van der Waals surface area contributed by atoms with Gasteiger partial charge in [-0.1, -0.05) is 36.9 Å². The van der Waals surface area contributed by atoms with E-state index in [-0.39, 0.29) is 0 Å². The van der Waals surface area contributed by atoms with Crippen LogP contribution in [0.15, 0.2) is 35.5 Å². The monoisotopic (exact) mass is 271 g/mol. The number of rotatable bonds is 3. The molecule has 5 nitrogen and oxygen atoms in total. The molecule has 0 aliphatic rings. The first-order chi connectivity index (χ1) is 9.33. The lowest BCUT2D eigenvalue weighted by atomic mass is 10.3. The third-order valence-electron chi connectivity index (χ3n) is 2.86. The zero-order valence-corrected chi connectivity index (χ0v) is 11.6. The second kappa shape index (κ2) is 4.97. The number of para-hydroxylation sites is 1. The van der Waals surface area contributed by atoms with Crippen molar-refractivity contribution in [1.29, 1.82) is 0 Å². The molecule has 0 saturated carbocycles. The van der Waals surface area contributed by atoms with Crippen LogP contribution in [0.5, 0.6) is 0 Å². The van der Waals surface area contributed by atoms with Gasteiger partial charge in [0, 0.05) is 0 Å². The van der Waals surface area contributed by atoms with Gasteiger partial charge in [-0.3, -0.25) is 0 Å². The lowest BCUT2D eigenvalue weighted by Gasteiger charge is -2.01. The Balaban J connectivity index is 2.27. The number of thioether (sulfide) groups is 1. The summed E-state index contributed by atoms with van der Waals surface area (Å²) < 4.78 is 1.80. The molecular formula is C13H13N5S. The van der Waals surface area contributed by atoms with Gasteiger partial charge in [0.15, 0.2) is 0 Å². The largest absolute Gasteiger partial charge is 0.216 e. The number of hydrogen-bond donors (Lipinski definition) is 0. The van der Waals surface area contributed by atoms with E-state index in [0.29, 0.717) is 10.8 Å². The number of nitrogens with zero attached hydrogens (tertiary/aromatic N) is 5. The Morgan fingerprint density at radius 3 is 2.63 bits per heavy atom. The van der Waals surface area contributed by atoms with Gasteiger partial charge < -0.3 is 0 Å². The van der Waals surface area contributed by atoms with Gasteiger partial charge in [-0.15, -0.1) is 10.2 Å². The van der Waals surface area contributed by atoms with Gasteiger partial charge in [0.1, 0.15) is 5.52 Å². The molecule has 0 saturated heterocycles. The topological polar surface area (TPSA) is 56.5 Å². The van der Waals surface area contributed by atoms with Gasteiger partial charge in [-0.25, -0.2) is 9.67 Å². The first kappa shape index (κ1) is 12.1. The number of benzene rings is 1. The molecule has 3 rings (SSSR count). The van der Waals surface area contributed by atoms with Crippen LogP contribution in [0.4, 0.5) is 0 Å². The Morgan fingerprint density at radius 1 is 1.16 bits per heavy atom. The van der Waals surface area contributed by atoms with E-state index in [1.165, 1.54) is 11.8 Å². The maximum Gasteiger partial charge on any atom is 0.209 e. The van der Waals surface area contributed by atoms with E-state index < -0.39 is 0 Å². The number of fused-ring (bicyclic) bond motifs is 1. The van der Waals surface area contributed by atoms with Crippen molar-refractivity contribution < 1.29 is 0 Å². The minimum absolute atomic E-state index is 0.676. The smallest absolute Gasteiger partial charge is 0.209 e. The van der Waals surface area contributed by atoms with E-state index >= 15 is 0 Å². The van der Waals surface area contributed by atoms with Crippen molar-refractivity contribution in [1.82, 2.24) is 25.0 Å². The molecule has 0 radical (unpaired) electrons. The number of aryl methyl sites for hydroxylation is 1. The van der Waals surface area contributed by atoms with Gasteiger partial charge in [0.05, 0.1) is 11.4 Å². The summed E-state index contributed by atoms with van der Waals surface area (Å²) in [5.41, 5.74) is 3.47. The molecule has 0 fully saturated rings. The van der Waals surface area contributed by atoms with Crippen LogP contribution in [0.25, 0.3) is 16.9 Å². The molecule has 3 aromatic rings. The summed E-state index contributed by atoms with van der Waals surface area (Å²) in [5.74, 6) is 0. The summed E-state index contributed by atoms with van der Waals surface area (Å²) in [5, 5.41) is 13.6. The van der Waals surface area contributed by atoms with E-state index in [1.54, 1.807) is 4.68 Å². The zero-order valence-electron chi connectivity index (χ0n) is 10.7. The molecular weight excluding hydrogens is 258 g/mol. The SMILES string of the molecule is CCc1nn(-c2ccccc2)c2nnc(SC)nc12. The third kappa shape index (κ3) is 2.08. The van der Waals surface area contributed by atoms with Crippen LogP contribution in [0, 0.1) is 0 Å². The summed E-state index contributed by atoms with van der Waals surface area (Å²) >= 11 is 1.49. The fourth-order valence-electron chi connectivity index (χ4n) is 1.93. The molecule has 2 aromatic heterocycles. The molecule has 0 bridgehead atoms. The maximum atomic E-state index is 4.60. The average molecular weight is 271 g/mol. The van der Waals surface area contributed by atoms with E-state index in [0.717, 1.165) is 23.3 Å². The maximum absolute atomic E-state index is 4.60. The summed E-state index contributed by atoms with van der Waals surface area (Å²) in [6.07, 6.45) is 2.76. The Bertz CT molecular complexity index is 708. The van der Waals surface area contributed by atoms with Crippen molar-refractivity contribution in [3.8, 4) is 5.69 Å². The molecule has 0 unspecified atom stereocenters. The molecule has 96 valence electrons. The van der Waals surface area contributed by atoms with Gasteiger partial charge in [0.2, 0.25) is 10.8 Å². The Morgan fingerprint density at radius 2 is 1.95 bits per heavy atom. The summed E-state index contributed by atoms with van der Waals surface area (Å²) in [6.45, 7) is 2.07. The third-order valence-corrected chi connectivity index (χ3v) is 3.40. The molecule has 6 heteroatoms. The highest BCUT2D eigenvalue weighted by molar-refractivity contribution is 7.98. The van der Waals surface area contributed by atoms with E-state index in [9.17, 15) is 0 Å². The standard InChI is InChI=1S/C13H13N5S/c1-3-10-11-12(15-16-13(14-11)19-2)18(17-10)9-7-5-4-6-8-9/h4-8H,3H2,1-2H3. The van der Waals surface area contributed by atoms with Crippen LogP contribution in [-0.4, -0.2) is 31.2 Å². The first-order valence-electron chi connectivity index (χ1n) is 6.05. The summed E-state index contributed by atoms with van der Waals surface area (Å²) in [4.78, 5) is 4.52. The molecule has 0 N–H and O–H groups in total. The van der Waals surface area contributed by atoms with E-state index in [2.05, 4.69) is 27.2 Å². The van der Waals surface area contributed by atoms with Gasteiger partial charge in [-0.05, 0) is 24.8 Å². The van der Waals surface area contributed by atoms with E-state index in [4.69, 9.17) is 0 Å². The minimum atomic E-state index is 0.676. The molecule has 0 aliphatic carbocycles. The molecule has 1 aromatic carbocycles. The molecule has 2 heterocycles. The molecule has 0 amide bonds. The summed E-state index contributed by atoms with van der Waals surface area (Å²) in [6, 6.07) is 9.93. The highest BCUT2D eigenvalue weighted by Gasteiger charge is 2.14. The van der Waals surface area contributed by atoms with Crippen LogP contribution in [-0.2, 0) is 6.42 Å². The number of hydrogen-bond acceptors (Lipinski definition) is 5. The van der Waals surface area contributed by atoms with Crippen LogP contribution < -0.4 is 0 Å². The predicted molar refractivity (Wildman–Crippen MR) is 75.6 cm³/mol. The minimum Gasteiger partial charge on any atom is -0.216 e. The Kier molecular flexibility index (Phi) is 3.16. The molecule has 19 heavy (non-hydrogen) atoms.